The summed E-state index contributed by atoms with van der Waals surface area (Å²) in [5.74, 6) is 0.429. The van der Waals surface area contributed by atoms with Crippen molar-refractivity contribution in [3.8, 4) is 0 Å². The molecular formula is C18H20ClN5O2S. The molecule has 142 valence electrons. The minimum absolute atomic E-state index is 0.0906. The van der Waals surface area contributed by atoms with E-state index in [1.807, 2.05) is 24.4 Å². The Hall–Kier alpha value is -1.84. The fourth-order valence-electron chi connectivity index (χ4n) is 3.10. The van der Waals surface area contributed by atoms with E-state index in [0.717, 1.165) is 15.8 Å². The van der Waals surface area contributed by atoms with Gasteiger partial charge in [-0.3, -0.25) is 10.3 Å². The molecule has 0 bridgehead atoms. The number of pyridine rings is 1. The predicted molar refractivity (Wildman–Crippen MR) is 106 cm³/mol. The van der Waals surface area contributed by atoms with Crippen molar-refractivity contribution in [2.24, 2.45) is 0 Å². The average Bonchev–Trinajstić information content (AvgIpc) is 3.08. The molecule has 7 nitrogen and oxygen atoms in total. The molecule has 4 rings (SSSR count). The molecule has 4 N–H and O–H groups in total. The van der Waals surface area contributed by atoms with E-state index >= 15 is 0 Å². The topological polar surface area (TPSA) is 103 Å². The highest BCUT2D eigenvalue weighted by Crippen LogP contribution is 2.30. The molecule has 0 spiro atoms. The van der Waals surface area contributed by atoms with Gasteiger partial charge in [0.15, 0.2) is 0 Å². The highest BCUT2D eigenvalue weighted by molar-refractivity contribution is 7.17. The van der Waals surface area contributed by atoms with Crippen LogP contribution >= 0.6 is 22.9 Å². The molecule has 0 aliphatic heterocycles. The van der Waals surface area contributed by atoms with Gasteiger partial charge in [-0.1, -0.05) is 11.6 Å². The first-order valence-corrected chi connectivity index (χ1v) is 9.99. The molecule has 0 saturated heterocycles. The standard InChI is InChI=1S/C18H20ClN5O2S/c1-9(10-4-11(19)8-20-7-10)21-18-23-14-2-3-27-16(14)15(24-18)17(26)22-12-5-13(25)6-12/h2-4,7-9,12-13,17,22,25-26H,5-6H2,1H3,(H,21,23,24)/t9-,12?,13?,17?/m0/s1. The van der Waals surface area contributed by atoms with Crippen LogP contribution in [0.1, 0.15) is 43.3 Å². The van der Waals surface area contributed by atoms with Crippen molar-refractivity contribution < 1.29 is 10.2 Å². The van der Waals surface area contributed by atoms with Crippen LogP contribution in [-0.2, 0) is 0 Å². The van der Waals surface area contributed by atoms with E-state index in [2.05, 4.69) is 25.6 Å². The van der Waals surface area contributed by atoms with Gasteiger partial charge >= 0.3 is 0 Å². The maximum absolute atomic E-state index is 10.6. The van der Waals surface area contributed by atoms with Crippen molar-refractivity contribution in [1.29, 1.82) is 0 Å². The summed E-state index contributed by atoms with van der Waals surface area (Å²) in [4.78, 5) is 13.2. The van der Waals surface area contributed by atoms with Crippen molar-refractivity contribution in [1.82, 2.24) is 20.3 Å². The van der Waals surface area contributed by atoms with Gasteiger partial charge in [-0.05, 0) is 42.8 Å². The average molecular weight is 406 g/mol. The fraction of sp³-hybridized carbons (Fsp3) is 0.389. The molecule has 0 amide bonds. The first-order valence-electron chi connectivity index (χ1n) is 8.74. The van der Waals surface area contributed by atoms with Gasteiger partial charge in [-0.2, -0.15) is 0 Å². The Morgan fingerprint density at radius 3 is 2.85 bits per heavy atom. The molecule has 1 saturated carbocycles. The van der Waals surface area contributed by atoms with Crippen LogP contribution in [0.2, 0.25) is 5.02 Å². The zero-order chi connectivity index (χ0) is 19.0. The number of hydrogen-bond donors (Lipinski definition) is 4. The van der Waals surface area contributed by atoms with Gasteiger partial charge in [-0.15, -0.1) is 11.3 Å². The Morgan fingerprint density at radius 1 is 1.30 bits per heavy atom. The van der Waals surface area contributed by atoms with Gasteiger partial charge in [0.05, 0.1) is 27.4 Å². The number of rotatable bonds is 6. The smallest absolute Gasteiger partial charge is 0.224 e. The lowest BCUT2D eigenvalue weighted by atomic mass is 9.89. The van der Waals surface area contributed by atoms with E-state index in [1.54, 1.807) is 12.4 Å². The lowest BCUT2D eigenvalue weighted by Gasteiger charge is -2.33. The van der Waals surface area contributed by atoms with Crippen molar-refractivity contribution in [3.05, 3.63) is 46.2 Å². The Kier molecular flexibility index (Phi) is 5.25. The van der Waals surface area contributed by atoms with Crippen molar-refractivity contribution >= 4 is 39.1 Å². The van der Waals surface area contributed by atoms with Gasteiger partial charge in [0.25, 0.3) is 0 Å². The third kappa shape index (κ3) is 4.04. The Labute approximate surface area is 165 Å². The summed E-state index contributed by atoms with van der Waals surface area (Å²) in [7, 11) is 0. The second-order valence-corrected chi connectivity index (χ2v) is 8.11. The monoisotopic (exact) mass is 405 g/mol. The summed E-state index contributed by atoms with van der Waals surface area (Å²) in [5, 5.41) is 29.0. The first-order chi connectivity index (χ1) is 13.0. The van der Waals surface area contributed by atoms with Gasteiger partial charge in [0.1, 0.15) is 11.9 Å². The summed E-state index contributed by atoms with van der Waals surface area (Å²) in [6.07, 6.45) is 3.40. The van der Waals surface area contributed by atoms with Crippen LogP contribution in [-0.4, -0.2) is 37.3 Å². The van der Waals surface area contributed by atoms with Crippen LogP contribution in [0.4, 0.5) is 5.95 Å². The molecule has 1 aliphatic rings. The minimum atomic E-state index is -0.921. The molecular weight excluding hydrogens is 386 g/mol. The van der Waals surface area contributed by atoms with E-state index < -0.39 is 6.23 Å². The number of aromatic nitrogens is 3. The number of nitrogens with one attached hydrogen (secondary N) is 2. The molecule has 0 aromatic carbocycles. The van der Waals surface area contributed by atoms with E-state index in [0.29, 0.717) is 29.5 Å². The van der Waals surface area contributed by atoms with Crippen molar-refractivity contribution in [2.75, 3.05) is 5.32 Å². The number of aliphatic hydroxyl groups excluding tert-OH is 2. The van der Waals surface area contributed by atoms with Gasteiger partial charge in [0.2, 0.25) is 5.95 Å². The Morgan fingerprint density at radius 2 is 2.11 bits per heavy atom. The molecule has 0 radical (unpaired) electrons. The molecule has 2 atom stereocenters. The second kappa shape index (κ2) is 7.65. The number of nitrogens with zero attached hydrogens (tertiary/aromatic N) is 3. The normalized spacial score (nSPS) is 21.6. The lowest BCUT2D eigenvalue weighted by Crippen LogP contribution is -2.45. The number of halogens is 1. The van der Waals surface area contributed by atoms with E-state index in [4.69, 9.17) is 11.6 Å². The van der Waals surface area contributed by atoms with Crippen molar-refractivity contribution in [2.45, 2.75) is 44.2 Å². The molecule has 1 unspecified atom stereocenters. The highest BCUT2D eigenvalue weighted by Gasteiger charge is 2.30. The van der Waals surface area contributed by atoms with Crippen LogP contribution in [0.15, 0.2) is 29.9 Å². The summed E-state index contributed by atoms with van der Waals surface area (Å²) in [6, 6.07) is 3.73. The summed E-state index contributed by atoms with van der Waals surface area (Å²) in [5.41, 5.74) is 2.23. The molecule has 1 fully saturated rings. The molecule has 1 aliphatic carbocycles. The zero-order valence-electron chi connectivity index (χ0n) is 14.6. The van der Waals surface area contributed by atoms with Crippen molar-refractivity contribution in [3.63, 3.8) is 0 Å². The molecule has 3 aromatic heterocycles. The third-order valence-electron chi connectivity index (χ3n) is 4.67. The number of thiophene rings is 1. The second-order valence-electron chi connectivity index (χ2n) is 6.76. The SMILES string of the molecule is C[C@H](Nc1nc(C(O)NC2CC(O)C2)c2sccc2n1)c1cncc(Cl)c1. The Balaban J connectivity index is 1.58. The molecule has 9 heteroatoms. The molecule has 3 heterocycles. The van der Waals surface area contributed by atoms with E-state index in [-0.39, 0.29) is 18.2 Å². The Bertz CT molecular complexity index is 946. The summed E-state index contributed by atoms with van der Waals surface area (Å²) < 4.78 is 0.845. The van der Waals surface area contributed by atoms with Crippen LogP contribution in [0.25, 0.3) is 10.2 Å². The third-order valence-corrected chi connectivity index (χ3v) is 5.80. The largest absolute Gasteiger partial charge is 0.393 e. The minimum Gasteiger partial charge on any atom is -0.393 e. The number of hydrogen-bond acceptors (Lipinski definition) is 8. The van der Waals surface area contributed by atoms with E-state index in [9.17, 15) is 10.2 Å². The number of anilines is 1. The maximum atomic E-state index is 10.6. The van der Waals surface area contributed by atoms with E-state index in [1.165, 1.54) is 11.3 Å². The van der Waals surface area contributed by atoms with Gasteiger partial charge < -0.3 is 15.5 Å². The fourth-order valence-corrected chi connectivity index (χ4v) is 4.13. The molecule has 3 aromatic rings. The summed E-state index contributed by atoms with van der Waals surface area (Å²) in [6.45, 7) is 1.97. The van der Waals surface area contributed by atoms with Gasteiger partial charge in [0, 0.05) is 18.4 Å². The van der Waals surface area contributed by atoms with Crippen LogP contribution in [0.5, 0.6) is 0 Å². The van der Waals surface area contributed by atoms with Gasteiger partial charge in [-0.25, -0.2) is 9.97 Å². The number of aliphatic hydroxyl groups is 2. The van der Waals surface area contributed by atoms with Crippen LogP contribution in [0.3, 0.4) is 0 Å². The number of fused-ring (bicyclic) bond motifs is 1. The lowest BCUT2D eigenvalue weighted by molar-refractivity contribution is 0.0261. The highest BCUT2D eigenvalue weighted by atomic mass is 35.5. The van der Waals surface area contributed by atoms with Crippen LogP contribution in [0, 0.1) is 0 Å². The molecule has 27 heavy (non-hydrogen) atoms. The quantitative estimate of drug-likeness (QED) is 0.467. The maximum Gasteiger partial charge on any atom is 0.224 e. The first kappa shape index (κ1) is 18.5. The summed E-state index contributed by atoms with van der Waals surface area (Å²) >= 11 is 7.51. The van der Waals surface area contributed by atoms with Crippen LogP contribution < -0.4 is 10.6 Å². The zero-order valence-corrected chi connectivity index (χ0v) is 16.2. The predicted octanol–water partition coefficient (Wildman–Crippen LogP) is 3.02.